The number of ketones is 1. The second-order valence-electron chi connectivity index (χ2n) is 7.11. The topological polar surface area (TPSA) is 109 Å². The van der Waals surface area contributed by atoms with Crippen LogP contribution < -0.4 is 5.32 Å². The zero-order chi connectivity index (χ0) is 22.1. The predicted molar refractivity (Wildman–Crippen MR) is 111 cm³/mol. The lowest BCUT2D eigenvalue weighted by molar-refractivity contribution is 0.0599. The zero-order valence-corrected chi connectivity index (χ0v) is 18.5. The fourth-order valence-corrected chi connectivity index (χ4v) is 4.25. The van der Waals surface area contributed by atoms with Crippen LogP contribution in [0.2, 0.25) is 0 Å². The maximum atomic E-state index is 12.9. The van der Waals surface area contributed by atoms with Gasteiger partial charge in [-0.3, -0.25) is 4.79 Å². The van der Waals surface area contributed by atoms with Crippen LogP contribution in [0.4, 0.5) is 5.69 Å². The highest BCUT2D eigenvalue weighted by Crippen LogP contribution is 2.24. The molecule has 1 heterocycles. The van der Waals surface area contributed by atoms with E-state index in [1.165, 1.54) is 27.3 Å². The molecule has 29 heavy (non-hydrogen) atoms. The number of H-pyrrole nitrogens is 1. The number of hydrogen-bond acceptors (Lipinski definition) is 6. The van der Waals surface area contributed by atoms with Crippen molar-refractivity contribution in [3.05, 3.63) is 46.3 Å². The van der Waals surface area contributed by atoms with E-state index in [0.717, 1.165) is 4.31 Å². The second kappa shape index (κ2) is 8.38. The summed E-state index contributed by atoms with van der Waals surface area (Å²) in [6, 6.07) is 4.27. The molecule has 0 radical (unpaired) electrons. The normalized spacial score (nSPS) is 12.7. The highest BCUT2D eigenvalue weighted by molar-refractivity contribution is 7.89. The minimum absolute atomic E-state index is 0.173. The Balaban J connectivity index is 2.33. The summed E-state index contributed by atoms with van der Waals surface area (Å²) in [6.45, 7) is 6.78. The summed E-state index contributed by atoms with van der Waals surface area (Å²) in [5, 5.41) is 3.05. The van der Waals surface area contributed by atoms with Crippen molar-refractivity contribution in [3.8, 4) is 0 Å². The number of aromatic amines is 1. The number of methoxy groups -OCH3 is 1. The molecular formula is C20H27N3O5S. The van der Waals surface area contributed by atoms with Gasteiger partial charge in [0, 0.05) is 25.5 Å². The summed E-state index contributed by atoms with van der Waals surface area (Å²) in [7, 11) is 0.616. The molecule has 8 nitrogen and oxygen atoms in total. The maximum absolute atomic E-state index is 12.9. The molecule has 9 heteroatoms. The van der Waals surface area contributed by atoms with Crippen LogP contribution in [-0.4, -0.2) is 56.7 Å². The van der Waals surface area contributed by atoms with E-state index >= 15 is 0 Å². The molecule has 2 aromatic rings. The molecule has 0 aliphatic carbocycles. The van der Waals surface area contributed by atoms with E-state index in [-0.39, 0.29) is 10.7 Å². The third-order valence-electron chi connectivity index (χ3n) is 4.80. The third-order valence-corrected chi connectivity index (χ3v) is 6.75. The lowest BCUT2D eigenvalue weighted by atomic mass is 10.0. The van der Waals surface area contributed by atoms with Gasteiger partial charge in [-0.2, -0.15) is 0 Å². The van der Waals surface area contributed by atoms with Gasteiger partial charge >= 0.3 is 5.97 Å². The highest BCUT2D eigenvalue weighted by atomic mass is 32.2. The van der Waals surface area contributed by atoms with E-state index in [0.29, 0.717) is 33.8 Å². The molecule has 158 valence electrons. The lowest BCUT2D eigenvalue weighted by Crippen LogP contribution is -2.28. The van der Waals surface area contributed by atoms with Gasteiger partial charge in [-0.1, -0.05) is 6.07 Å². The fourth-order valence-electron chi connectivity index (χ4n) is 3.10. The Labute approximate surface area is 171 Å². The maximum Gasteiger partial charge on any atom is 0.339 e. The monoisotopic (exact) mass is 421 g/mol. The molecule has 1 aromatic carbocycles. The number of carbonyl (C=O) groups is 2. The molecular weight excluding hydrogens is 394 g/mol. The lowest BCUT2D eigenvalue weighted by Gasteiger charge is -2.18. The molecule has 0 saturated heterocycles. The number of sulfonamides is 1. The first-order valence-electron chi connectivity index (χ1n) is 9.03. The number of ether oxygens (including phenoxy) is 1. The number of benzene rings is 1. The Morgan fingerprint density at radius 3 is 2.34 bits per heavy atom. The number of nitrogens with zero attached hydrogens (tertiary/aromatic N) is 1. The molecule has 2 rings (SSSR count). The zero-order valence-electron chi connectivity index (χ0n) is 17.7. The van der Waals surface area contributed by atoms with Crippen LogP contribution in [0.5, 0.6) is 0 Å². The number of carbonyl (C=O) groups excluding carboxylic acids is 2. The molecule has 0 aliphatic heterocycles. The average Bonchev–Trinajstić information content (AvgIpc) is 2.95. The number of aromatic nitrogens is 1. The van der Waals surface area contributed by atoms with Crippen molar-refractivity contribution in [2.24, 2.45) is 0 Å². The number of hydrogen-bond donors (Lipinski definition) is 2. The van der Waals surface area contributed by atoms with Gasteiger partial charge in [-0.05, 0) is 51.0 Å². The molecule has 1 atom stereocenters. The third kappa shape index (κ3) is 4.35. The first kappa shape index (κ1) is 22.6. The van der Waals surface area contributed by atoms with Gasteiger partial charge in [0.2, 0.25) is 15.8 Å². The molecule has 0 aliphatic rings. The molecule has 0 fully saturated rings. The Bertz CT molecular complexity index is 1050. The van der Waals surface area contributed by atoms with Crippen LogP contribution in [0, 0.1) is 20.8 Å². The first-order chi connectivity index (χ1) is 13.4. The van der Waals surface area contributed by atoms with Gasteiger partial charge in [0.05, 0.1) is 29.3 Å². The average molecular weight is 422 g/mol. The van der Waals surface area contributed by atoms with Gasteiger partial charge in [-0.15, -0.1) is 0 Å². The quantitative estimate of drug-likeness (QED) is 0.526. The minimum atomic E-state index is -3.61. The molecule has 0 unspecified atom stereocenters. The van der Waals surface area contributed by atoms with Crippen LogP contribution in [0.1, 0.15) is 44.6 Å². The van der Waals surface area contributed by atoms with Crippen molar-refractivity contribution in [2.45, 2.75) is 38.6 Å². The number of Topliss-reactive ketones (excluding diaryl/α,β-unsaturated/α-hetero) is 1. The summed E-state index contributed by atoms with van der Waals surface area (Å²) in [5.74, 6) is -0.758. The van der Waals surface area contributed by atoms with Gasteiger partial charge < -0.3 is 15.0 Å². The van der Waals surface area contributed by atoms with E-state index in [1.54, 1.807) is 39.8 Å². The van der Waals surface area contributed by atoms with Crippen LogP contribution in [0.15, 0.2) is 23.1 Å². The summed E-state index contributed by atoms with van der Waals surface area (Å²) in [5.41, 5.74) is 2.86. The molecule has 1 aromatic heterocycles. The number of rotatable bonds is 7. The number of esters is 1. The Morgan fingerprint density at radius 1 is 1.17 bits per heavy atom. The Kier molecular flexibility index (Phi) is 6.54. The first-order valence-corrected chi connectivity index (χ1v) is 10.5. The second-order valence-corrected chi connectivity index (χ2v) is 9.23. The Morgan fingerprint density at radius 2 is 1.79 bits per heavy atom. The van der Waals surface area contributed by atoms with Crippen molar-refractivity contribution in [1.82, 2.24) is 9.29 Å². The van der Waals surface area contributed by atoms with Gasteiger partial charge in [0.15, 0.2) is 0 Å². The summed E-state index contributed by atoms with van der Waals surface area (Å²) < 4.78 is 30.9. The van der Waals surface area contributed by atoms with E-state index in [4.69, 9.17) is 4.74 Å². The van der Waals surface area contributed by atoms with Crippen molar-refractivity contribution in [2.75, 3.05) is 26.5 Å². The van der Waals surface area contributed by atoms with Crippen molar-refractivity contribution in [1.29, 1.82) is 0 Å². The summed E-state index contributed by atoms with van der Waals surface area (Å²) in [6.07, 6.45) is 0. The minimum Gasteiger partial charge on any atom is -0.465 e. The smallest absolute Gasteiger partial charge is 0.339 e. The standard InChI is InChI=1S/C20H27N3O5S/c1-11-8-9-15(10-16(11)29(26,27)23(5)6)21-14(4)19(24)18-12(2)17(13(3)22-18)20(25)28-7/h8-10,14,21-22H,1-7H3/t14-/m1/s1. The Hall–Kier alpha value is -2.65. The summed E-state index contributed by atoms with van der Waals surface area (Å²) >= 11 is 0. The van der Waals surface area contributed by atoms with Gasteiger partial charge in [0.25, 0.3) is 0 Å². The van der Waals surface area contributed by atoms with Gasteiger partial charge in [-0.25, -0.2) is 17.5 Å². The predicted octanol–water partition coefficient (Wildman–Crippen LogP) is 2.66. The molecule has 0 bridgehead atoms. The highest BCUT2D eigenvalue weighted by Gasteiger charge is 2.26. The van der Waals surface area contributed by atoms with E-state index < -0.39 is 22.0 Å². The molecule has 2 N–H and O–H groups in total. The SMILES string of the molecule is COC(=O)c1c(C)[nH]c(C(=O)[C@@H](C)Nc2ccc(C)c(S(=O)(=O)N(C)C)c2)c1C. The number of nitrogens with one attached hydrogen (secondary N) is 2. The van der Waals surface area contributed by atoms with Crippen molar-refractivity contribution < 1.29 is 22.7 Å². The summed E-state index contributed by atoms with van der Waals surface area (Å²) in [4.78, 5) is 28.0. The van der Waals surface area contributed by atoms with Crippen LogP contribution in [0.3, 0.4) is 0 Å². The molecule has 0 spiro atoms. The van der Waals surface area contributed by atoms with E-state index in [2.05, 4.69) is 10.3 Å². The van der Waals surface area contributed by atoms with E-state index in [1.807, 2.05) is 0 Å². The molecule has 0 saturated carbocycles. The van der Waals surface area contributed by atoms with Crippen molar-refractivity contribution >= 4 is 27.5 Å². The number of aryl methyl sites for hydroxylation is 2. The largest absolute Gasteiger partial charge is 0.465 e. The number of anilines is 1. The molecule has 0 amide bonds. The van der Waals surface area contributed by atoms with Gasteiger partial charge in [0.1, 0.15) is 0 Å². The van der Waals surface area contributed by atoms with Crippen LogP contribution >= 0.6 is 0 Å². The fraction of sp³-hybridized carbons (Fsp3) is 0.400. The van der Waals surface area contributed by atoms with Crippen LogP contribution in [0.25, 0.3) is 0 Å². The van der Waals surface area contributed by atoms with E-state index in [9.17, 15) is 18.0 Å². The van der Waals surface area contributed by atoms with Crippen LogP contribution in [-0.2, 0) is 14.8 Å². The van der Waals surface area contributed by atoms with Crippen molar-refractivity contribution in [3.63, 3.8) is 0 Å².